The molecule has 6 heteroatoms. The van der Waals surface area contributed by atoms with E-state index in [1.165, 1.54) is 167 Å². The van der Waals surface area contributed by atoms with Gasteiger partial charge in [0.2, 0.25) is 0 Å². The minimum atomic E-state index is -0.762. The highest BCUT2D eigenvalue weighted by Gasteiger charge is 2.19. The summed E-state index contributed by atoms with van der Waals surface area (Å²) in [5, 5.41) is 0. The van der Waals surface area contributed by atoms with Crippen molar-refractivity contribution in [2.75, 3.05) is 13.2 Å². The van der Waals surface area contributed by atoms with Gasteiger partial charge in [0.05, 0.1) is 0 Å². The van der Waals surface area contributed by atoms with E-state index in [-0.39, 0.29) is 31.1 Å². The van der Waals surface area contributed by atoms with Crippen LogP contribution in [0.5, 0.6) is 0 Å². The predicted molar refractivity (Wildman–Crippen MR) is 243 cm³/mol. The van der Waals surface area contributed by atoms with E-state index in [4.69, 9.17) is 14.2 Å². The molecule has 0 fully saturated rings. The van der Waals surface area contributed by atoms with Crippen molar-refractivity contribution < 1.29 is 28.6 Å². The molecule has 57 heavy (non-hydrogen) atoms. The molecule has 1 unspecified atom stereocenters. The summed E-state index contributed by atoms with van der Waals surface area (Å²) in [6, 6.07) is 0. The van der Waals surface area contributed by atoms with E-state index in [9.17, 15) is 14.4 Å². The molecule has 0 rings (SSSR count). The SMILES string of the molecule is CCCCCCCCCCCCCCCCCCCCC(=O)OC[C@@H](COC(=O)CCCCCCCCCCC(C)CC)OC(=O)CCCCCCCCC(C)C. The van der Waals surface area contributed by atoms with Crippen LogP contribution in [0.3, 0.4) is 0 Å². The zero-order chi connectivity index (χ0) is 41.9. The van der Waals surface area contributed by atoms with Crippen molar-refractivity contribution in [2.24, 2.45) is 11.8 Å². The molecule has 0 saturated heterocycles. The van der Waals surface area contributed by atoms with Crippen molar-refractivity contribution in [3.05, 3.63) is 0 Å². The smallest absolute Gasteiger partial charge is 0.306 e. The number of hydrogen-bond acceptors (Lipinski definition) is 6. The molecule has 2 atom stereocenters. The quantitative estimate of drug-likeness (QED) is 0.0346. The Morgan fingerprint density at radius 3 is 1.00 bits per heavy atom. The maximum Gasteiger partial charge on any atom is 0.306 e. The van der Waals surface area contributed by atoms with Crippen LogP contribution in [0.1, 0.15) is 279 Å². The third kappa shape index (κ3) is 43.8. The molecule has 0 aliphatic rings. The number of hydrogen-bond donors (Lipinski definition) is 0. The number of carbonyl (C=O) groups excluding carboxylic acids is 3. The van der Waals surface area contributed by atoms with Crippen LogP contribution in [0.25, 0.3) is 0 Å². The summed E-state index contributed by atoms with van der Waals surface area (Å²) in [5.41, 5.74) is 0. The maximum atomic E-state index is 12.7. The van der Waals surface area contributed by atoms with Crippen LogP contribution >= 0.6 is 0 Å². The van der Waals surface area contributed by atoms with Crippen LogP contribution in [-0.2, 0) is 28.6 Å². The van der Waals surface area contributed by atoms with E-state index < -0.39 is 6.10 Å². The van der Waals surface area contributed by atoms with E-state index in [2.05, 4.69) is 34.6 Å². The molecule has 0 spiro atoms. The Labute approximate surface area is 355 Å². The van der Waals surface area contributed by atoms with Gasteiger partial charge in [0.15, 0.2) is 6.10 Å². The number of unbranched alkanes of at least 4 members (excludes halogenated alkanes) is 29. The highest BCUT2D eigenvalue weighted by atomic mass is 16.6. The Hall–Kier alpha value is -1.59. The largest absolute Gasteiger partial charge is 0.462 e. The third-order valence-electron chi connectivity index (χ3n) is 11.8. The van der Waals surface area contributed by atoms with Crippen LogP contribution in [0.4, 0.5) is 0 Å². The lowest BCUT2D eigenvalue weighted by Crippen LogP contribution is -2.30. The first kappa shape index (κ1) is 55.4. The molecule has 0 radical (unpaired) electrons. The predicted octanol–water partition coefficient (Wildman–Crippen LogP) is 16.1. The van der Waals surface area contributed by atoms with Gasteiger partial charge in [-0.1, -0.05) is 240 Å². The second-order valence-corrected chi connectivity index (χ2v) is 18.2. The van der Waals surface area contributed by atoms with Crippen LogP contribution in [0.2, 0.25) is 0 Å². The fourth-order valence-electron chi connectivity index (χ4n) is 7.60. The van der Waals surface area contributed by atoms with Crippen LogP contribution in [-0.4, -0.2) is 37.2 Å². The molecule has 0 N–H and O–H groups in total. The third-order valence-corrected chi connectivity index (χ3v) is 11.8. The van der Waals surface area contributed by atoms with Crippen LogP contribution in [0.15, 0.2) is 0 Å². The Balaban J connectivity index is 4.23. The number of carbonyl (C=O) groups is 3. The van der Waals surface area contributed by atoms with E-state index in [1.54, 1.807) is 0 Å². The Morgan fingerprint density at radius 2 is 0.667 bits per heavy atom. The van der Waals surface area contributed by atoms with Gasteiger partial charge in [-0.05, 0) is 31.1 Å². The topological polar surface area (TPSA) is 78.9 Å². The van der Waals surface area contributed by atoms with Gasteiger partial charge in [-0.25, -0.2) is 0 Å². The number of rotatable bonds is 45. The van der Waals surface area contributed by atoms with E-state index >= 15 is 0 Å². The van der Waals surface area contributed by atoms with Crippen molar-refractivity contribution in [1.29, 1.82) is 0 Å². The number of ether oxygens (including phenoxy) is 3. The first-order chi connectivity index (χ1) is 27.8. The van der Waals surface area contributed by atoms with Crippen LogP contribution < -0.4 is 0 Å². The van der Waals surface area contributed by atoms with E-state index in [0.717, 1.165) is 69.6 Å². The highest BCUT2D eigenvalue weighted by molar-refractivity contribution is 5.71. The molecule has 0 heterocycles. The minimum Gasteiger partial charge on any atom is -0.462 e. The van der Waals surface area contributed by atoms with Gasteiger partial charge in [-0.15, -0.1) is 0 Å². The lowest BCUT2D eigenvalue weighted by molar-refractivity contribution is -0.167. The fraction of sp³-hybridized carbons (Fsp3) is 0.941. The molecule has 338 valence electrons. The molecular formula is C51H98O6. The molecular weight excluding hydrogens is 709 g/mol. The maximum absolute atomic E-state index is 12.7. The lowest BCUT2D eigenvalue weighted by Gasteiger charge is -2.18. The lowest BCUT2D eigenvalue weighted by atomic mass is 9.99. The normalized spacial score (nSPS) is 12.5. The second-order valence-electron chi connectivity index (χ2n) is 18.2. The monoisotopic (exact) mass is 807 g/mol. The minimum absolute atomic E-state index is 0.0654. The van der Waals surface area contributed by atoms with Gasteiger partial charge in [0.25, 0.3) is 0 Å². The molecule has 0 aromatic heterocycles. The summed E-state index contributed by atoms with van der Waals surface area (Å²) in [5.74, 6) is 0.749. The Morgan fingerprint density at radius 1 is 0.368 bits per heavy atom. The zero-order valence-electron chi connectivity index (χ0n) is 39.0. The average Bonchev–Trinajstić information content (AvgIpc) is 3.19. The van der Waals surface area contributed by atoms with Crippen molar-refractivity contribution in [3.63, 3.8) is 0 Å². The van der Waals surface area contributed by atoms with Gasteiger partial charge >= 0.3 is 17.9 Å². The van der Waals surface area contributed by atoms with Crippen molar-refractivity contribution in [1.82, 2.24) is 0 Å². The summed E-state index contributed by atoms with van der Waals surface area (Å²) >= 11 is 0. The number of esters is 3. The summed E-state index contributed by atoms with van der Waals surface area (Å²) in [7, 11) is 0. The first-order valence-corrected chi connectivity index (χ1v) is 25.3. The molecule has 0 aromatic rings. The van der Waals surface area contributed by atoms with Crippen molar-refractivity contribution in [2.45, 2.75) is 285 Å². The molecule has 0 bridgehead atoms. The average molecular weight is 807 g/mol. The fourth-order valence-corrected chi connectivity index (χ4v) is 7.60. The van der Waals surface area contributed by atoms with Gasteiger partial charge in [0.1, 0.15) is 13.2 Å². The Kier molecular flexibility index (Phi) is 42.7. The van der Waals surface area contributed by atoms with Gasteiger partial charge in [0, 0.05) is 19.3 Å². The molecule has 0 aromatic carbocycles. The van der Waals surface area contributed by atoms with E-state index in [1.807, 2.05) is 0 Å². The van der Waals surface area contributed by atoms with Gasteiger partial charge < -0.3 is 14.2 Å². The van der Waals surface area contributed by atoms with Crippen molar-refractivity contribution >= 4 is 17.9 Å². The first-order valence-electron chi connectivity index (χ1n) is 25.3. The summed E-state index contributed by atoms with van der Waals surface area (Å²) in [6.07, 6.45) is 43.9. The molecule has 6 nitrogen and oxygen atoms in total. The molecule has 0 amide bonds. The molecule has 0 saturated carbocycles. The zero-order valence-corrected chi connectivity index (χ0v) is 39.0. The second kappa shape index (κ2) is 44.0. The molecule has 0 aliphatic heterocycles. The Bertz CT molecular complexity index is 872. The summed E-state index contributed by atoms with van der Waals surface area (Å²) in [4.78, 5) is 37.8. The summed E-state index contributed by atoms with van der Waals surface area (Å²) < 4.78 is 16.8. The summed E-state index contributed by atoms with van der Waals surface area (Å²) in [6.45, 7) is 11.3. The standard InChI is InChI=1S/C51H98O6/c1-6-8-9-10-11-12-13-14-15-16-17-18-19-20-21-25-31-36-41-49(52)55-44-48(57-51(54)43-38-33-28-27-29-34-39-46(3)4)45-56-50(53)42-37-32-26-23-22-24-30-35-40-47(5)7-2/h46-48H,6-45H2,1-5H3/t47?,48-/m0/s1. The van der Waals surface area contributed by atoms with Gasteiger partial charge in [-0.2, -0.15) is 0 Å². The molecule has 0 aliphatic carbocycles. The van der Waals surface area contributed by atoms with Crippen molar-refractivity contribution in [3.8, 4) is 0 Å². The highest BCUT2D eigenvalue weighted by Crippen LogP contribution is 2.17. The van der Waals surface area contributed by atoms with Crippen LogP contribution in [0, 0.1) is 11.8 Å². The van der Waals surface area contributed by atoms with E-state index in [0.29, 0.717) is 19.3 Å². The van der Waals surface area contributed by atoms with Gasteiger partial charge in [-0.3, -0.25) is 14.4 Å².